The number of halogens is 1. The molecule has 0 amide bonds. The number of nitrogens with zero attached hydrogens (tertiary/aromatic N) is 3. The zero-order valence-corrected chi connectivity index (χ0v) is 9.62. The van der Waals surface area contributed by atoms with E-state index in [2.05, 4.69) is 15.1 Å². The molecule has 0 aliphatic carbocycles. The fourth-order valence-corrected chi connectivity index (χ4v) is 1.60. The number of hydrogen-bond donors (Lipinski definition) is 1. The maximum atomic E-state index is 13.0. The zero-order valence-electron chi connectivity index (χ0n) is 9.62. The van der Waals surface area contributed by atoms with Crippen LogP contribution in [0.2, 0.25) is 0 Å². The summed E-state index contributed by atoms with van der Waals surface area (Å²) in [6.45, 7) is 0. The lowest BCUT2D eigenvalue weighted by Gasteiger charge is -1.94. The highest BCUT2D eigenvalue weighted by atomic mass is 18.2. The van der Waals surface area contributed by atoms with Gasteiger partial charge in [-0.1, -0.05) is 5.16 Å². The Morgan fingerprint density at radius 1 is 1.05 bits per heavy atom. The molecule has 19 heavy (non-hydrogen) atoms. The van der Waals surface area contributed by atoms with Crippen molar-refractivity contribution < 1.29 is 14.0 Å². The highest BCUT2D eigenvalue weighted by Gasteiger charge is 2.11. The first-order valence-electron chi connectivity index (χ1n) is 5.47. The lowest BCUT2D eigenvalue weighted by Crippen LogP contribution is -1.84. The Bertz CT molecular complexity index is 710. The molecule has 0 radical (unpaired) electrons. The third-order valence-corrected chi connectivity index (χ3v) is 2.53. The van der Waals surface area contributed by atoms with E-state index in [0.29, 0.717) is 17.0 Å². The molecule has 0 spiro atoms. The van der Waals surface area contributed by atoms with Crippen molar-refractivity contribution in [1.82, 2.24) is 15.1 Å². The minimum Gasteiger partial charge on any atom is -0.508 e. The Kier molecular flexibility index (Phi) is 2.68. The van der Waals surface area contributed by atoms with Gasteiger partial charge in [-0.3, -0.25) is 0 Å². The molecular weight excluding hydrogens is 248 g/mol. The quantitative estimate of drug-likeness (QED) is 0.713. The van der Waals surface area contributed by atoms with Crippen LogP contribution in [0.1, 0.15) is 0 Å². The van der Waals surface area contributed by atoms with Crippen LogP contribution >= 0.6 is 0 Å². The van der Waals surface area contributed by atoms with Gasteiger partial charge in [0.15, 0.2) is 0 Å². The number of pyridine rings is 1. The summed E-state index contributed by atoms with van der Waals surface area (Å²) in [6.07, 6.45) is 1.33. The summed E-state index contributed by atoms with van der Waals surface area (Å²) in [6, 6.07) is 9.18. The summed E-state index contributed by atoms with van der Waals surface area (Å²) < 4.78 is 18.1. The van der Waals surface area contributed by atoms with E-state index in [0.717, 1.165) is 0 Å². The number of rotatable bonds is 2. The van der Waals surface area contributed by atoms with Crippen molar-refractivity contribution in [3.05, 3.63) is 48.5 Å². The molecular formula is C13H8FN3O2. The molecule has 2 aromatic heterocycles. The van der Waals surface area contributed by atoms with Gasteiger partial charge in [0.1, 0.15) is 5.75 Å². The molecule has 1 aromatic carbocycles. The van der Waals surface area contributed by atoms with E-state index in [9.17, 15) is 9.50 Å². The van der Waals surface area contributed by atoms with Gasteiger partial charge in [0.25, 0.3) is 5.89 Å². The van der Waals surface area contributed by atoms with Crippen LogP contribution in [0.25, 0.3) is 22.8 Å². The van der Waals surface area contributed by atoms with Gasteiger partial charge in [-0.15, -0.1) is 0 Å². The van der Waals surface area contributed by atoms with E-state index in [1.807, 2.05) is 0 Å². The van der Waals surface area contributed by atoms with Crippen LogP contribution in [0.3, 0.4) is 0 Å². The van der Waals surface area contributed by atoms with Crippen LogP contribution in [0.15, 0.2) is 47.1 Å². The standard InChI is InChI=1S/C13H8FN3O2/c14-11-7-9(5-6-15-11)13-16-12(17-19-13)8-1-3-10(18)4-2-8/h1-7,18H/i14-1. The van der Waals surface area contributed by atoms with E-state index in [1.54, 1.807) is 18.2 Å². The predicted molar refractivity (Wildman–Crippen MR) is 64.6 cm³/mol. The first-order chi connectivity index (χ1) is 9.22. The van der Waals surface area contributed by atoms with Crippen LogP contribution in [0.4, 0.5) is 4.39 Å². The van der Waals surface area contributed by atoms with E-state index in [-0.39, 0.29) is 11.6 Å². The SMILES string of the molecule is Oc1ccc(-c2noc(-c3ccnc([18F])c3)n2)cc1. The molecule has 3 rings (SSSR count). The Morgan fingerprint density at radius 2 is 1.84 bits per heavy atom. The second-order valence-electron chi connectivity index (χ2n) is 3.84. The van der Waals surface area contributed by atoms with Gasteiger partial charge in [-0.05, 0) is 30.3 Å². The smallest absolute Gasteiger partial charge is 0.258 e. The van der Waals surface area contributed by atoms with Crippen LogP contribution in [-0.4, -0.2) is 20.2 Å². The van der Waals surface area contributed by atoms with Crippen molar-refractivity contribution >= 4 is 0 Å². The molecule has 94 valence electrons. The van der Waals surface area contributed by atoms with Gasteiger partial charge < -0.3 is 9.63 Å². The third kappa shape index (κ3) is 2.28. The molecule has 0 fully saturated rings. The molecule has 6 heteroatoms. The molecule has 0 bridgehead atoms. The highest BCUT2D eigenvalue weighted by Crippen LogP contribution is 2.23. The fraction of sp³-hybridized carbons (Fsp3) is 0. The fourth-order valence-electron chi connectivity index (χ4n) is 1.60. The molecule has 1 N–H and O–H groups in total. The van der Waals surface area contributed by atoms with Crippen molar-refractivity contribution in [2.24, 2.45) is 0 Å². The first-order valence-corrected chi connectivity index (χ1v) is 5.47. The van der Waals surface area contributed by atoms with Crippen LogP contribution in [0.5, 0.6) is 5.75 Å². The van der Waals surface area contributed by atoms with E-state index in [1.165, 1.54) is 24.4 Å². The van der Waals surface area contributed by atoms with Crippen molar-refractivity contribution in [2.75, 3.05) is 0 Å². The number of phenols is 1. The molecule has 0 saturated carbocycles. The van der Waals surface area contributed by atoms with Crippen molar-refractivity contribution in [2.45, 2.75) is 0 Å². The molecule has 0 saturated heterocycles. The summed E-state index contributed by atoms with van der Waals surface area (Å²) in [5, 5.41) is 13.0. The third-order valence-electron chi connectivity index (χ3n) is 2.53. The van der Waals surface area contributed by atoms with E-state index >= 15 is 0 Å². The normalized spacial score (nSPS) is 10.6. The van der Waals surface area contributed by atoms with Crippen LogP contribution in [0, 0.1) is 5.95 Å². The number of benzene rings is 1. The van der Waals surface area contributed by atoms with Crippen molar-refractivity contribution in [3.63, 3.8) is 0 Å². The second-order valence-corrected chi connectivity index (χ2v) is 3.84. The zero-order chi connectivity index (χ0) is 13.2. The molecule has 2 heterocycles. The summed E-state index contributed by atoms with van der Waals surface area (Å²) in [5.74, 6) is 0.127. The van der Waals surface area contributed by atoms with Gasteiger partial charge in [0.2, 0.25) is 11.8 Å². The van der Waals surface area contributed by atoms with Crippen LogP contribution < -0.4 is 0 Å². The summed E-state index contributed by atoms with van der Waals surface area (Å²) in [4.78, 5) is 7.62. The van der Waals surface area contributed by atoms with Crippen molar-refractivity contribution in [3.8, 4) is 28.6 Å². The number of phenolic OH excluding ortho intramolecular Hbond substituents is 1. The number of hydrogen-bond acceptors (Lipinski definition) is 5. The molecule has 0 unspecified atom stereocenters. The average Bonchev–Trinajstić information content (AvgIpc) is 2.89. The summed E-state index contributed by atoms with van der Waals surface area (Å²) >= 11 is 0. The molecule has 0 atom stereocenters. The number of aromatic nitrogens is 3. The molecule has 5 nitrogen and oxygen atoms in total. The summed E-state index contributed by atoms with van der Waals surface area (Å²) in [7, 11) is 0. The lowest BCUT2D eigenvalue weighted by atomic mass is 10.2. The molecule has 3 aromatic rings. The molecule has 0 aliphatic heterocycles. The van der Waals surface area contributed by atoms with Crippen LogP contribution in [-0.2, 0) is 0 Å². The maximum Gasteiger partial charge on any atom is 0.258 e. The van der Waals surface area contributed by atoms with Gasteiger partial charge in [-0.2, -0.15) is 9.37 Å². The Hall–Kier alpha value is -2.76. The predicted octanol–water partition coefficient (Wildman–Crippen LogP) is 2.64. The first kappa shape index (κ1) is 11.3. The maximum absolute atomic E-state index is 13.0. The molecule has 0 aliphatic rings. The highest BCUT2D eigenvalue weighted by molar-refractivity contribution is 5.59. The van der Waals surface area contributed by atoms with Crippen molar-refractivity contribution in [1.29, 1.82) is 0 Å². The Labute approximate surface area is 107 Å². The Morgan fingerprint density at radius 3 is 2.58 bits per heavy atom. The van der Waals surface area contributed by atoms with E-state index < -0.39 is 5.95 Å². The minimum atomic E-state index is -0.609. The van der Waals surface area contributed by atoms with E-state index in [4.69, 9.17) is 4.52 Å². The van der Waals surface area contributed by atoms with Gasteiger partial charge in [-0.25, -0.2) is 4.98 Å². The lowest BCUT2D eigenvalue weighted by molar-refractivity contribution is 0.431. The number of aromatic hydroxyl groups is 1. The van der Waals surface area contributed by atoms with Gasteiger partial charge in [0, 0.05) is 23.4 Å². The monoisotopic (exact) mass is 256 g/mol. The van der Waals surface area contributed by atoms with Gasteiger partial charge >= 0.3 is 0 Å². The topological polar surface area (TPSA) is 72.0 Å². The summed E-state index contributed by atoms with van der Waals surface area (Å²) in [5.41, 5.74) is 1.16. The minimum absolute atomic E-state index is 0.156. The van der Waals surface area contributed by atoms with Gasteiger partial charge in [0.05, 0.1) is 0 Å². The largest absolute Gasteiger partial charge is 0.508 e. The second kappa shape index (κ2) is 4.49. The average molecular weight is 256 g/mol. The Balaban J connectivity index is 1.97.